The van der Waals surface area contributed by atoms with Crippen LogP contribution in [0.25, 0.3) is 11.3 Å². The highest BCUT2D eigenvalue weighted by Gasteiger charge is 2.36. The molecule has 1 unspecified atom stereocenters. The number of nitrogens with zero attached hydrogens (tertiary/aromatic N) is 2. The van der Waals surface area contributed by atoms with Gasteiger partial charge < -0.3 is 14.9 Å². The Bertz CT molecular complexity index is 934. The summed E-state index contributed by atoms with van der Waals surface area (Å²) < 4.78 is 5.33. The number of aliphatic hydroxyl groups excluding tert-OH is 1. The van der Waals surface area contributed by atoms with Gasteiger partial charge in [0.1, 0.15) is 17.0 Å². The molecular formula is C22H23N3O3. The van der Waals surface area contributed by atoms with E-state index < -0.39 is 0 Å². The van der Waals surface area contributed by atoms with Gasteiger partial charge >= 0.3 is 0 Å². The molecule has 1 amide bonds. The van der Waals surface area contributed by atoms with Gasteiger partial charge in [0.2, 0.25) is 0 Å². The number of nitrogens with one attached hydrogen (secondary N) is 1. The predicted octanol–water partition coefficient (Wildman–Crippen LogP) is 3.16. The van der Waals surface area contributed by atoms with E-state index >= 15 is 0 Å². The van der Waals surface area contributed by atoms with E-state index in [1.165, 1.54) is 0 Å². The van der Waals surface area contributed by atoms with Crippen LogP contribution in [0.1, 0.15) is 34.7 Å². The van der Waals surface area contributed by atoms with Gasteiger partial charge in [0, 0.05) is 29.9 Å². The van der Waals surface area contributed by atoms with Crippen LogP contribution in [0.3, 0.4) is 0 Å². The molecule has 144 valence electrons. The first-order chi connectivity index (χ1) is 13.6. The van der Waals surface area contributed by atoms with Crippen molar-refractivity contribution in [3.05, 3.63) is 71.7 Å². The van der Waals surface area contributed by atoms with E-state index in [1.807, 2.05) is 48.5 Å². The minimum Gasteiger partial charge on any atom is -0.393 e. The molecule has 6 heteroatoms. The number of rotatable bonds is 6. The lowest BCUT2D eigenvalue weighted by molar-refractivity contribution is 0.0237. The smallest absolute Gasteiger partial charge is 0.257 e. The molecule has 1 atom stereocenters. The van der Waals surface area contributed by atoms with E-state index in [-0.39, 0.29) is 24.0 Å². The molecule has 1 aromatic carbocycles. The molecule has 28 heavy (non-hydrogen) atoms. The Morgan fingerprint density at radius 3 is 2.64 bits per heavy atom. The Labute approximate surface area is 163 Å². The molecule has 1 aliphatic rings. The van der Waals surface area contributed by atoms with Crippen LogP contribution in [0.15, 0.2) is 59.3 Å². The van der Waals surface area contributed by atoms with E-state index in [4.69, 9.17) is 4.52 Å². The Kier molecular flexibility index (Phi) is 5.21. The molecule has 0 spiro atoms. The van der Waals surface area contributed by atoms with Crippen molar-refractivity contribution >= 4 is 5.91 Å². The number of aromatic nitrogens is 2. The van der Waals surface area contributed by atoms with Crippen LogP contribution < -0.4 is 5.32 Å². The van der Waals surface area contributed by atoms with Gasteiger partial charge in [-0.15, -0.1) is 0 Å². The number of amides is 1. The molecule has 1 fully saturated rings. The summed E-state index contributed by atoms with van der Waals surface area (Å²) in [4.78, 5) is 17.5. The lowest BCUT2D eigenvalue weighted by Crippen LogP contribution is -2.48. The number of aryl methyl sites for hydroxylation is 1. The zero-order valence-corrected chi connectivity index (χ0v) is 15.7. The van der Waals surface area contributed by atoms with Crippen molar-refractivity contribution in [2.24, 2.45) is 5.92 Å². The lowest BCUT2D eigenvalue weighted by atomic mass is 9.75. The highest BCUT2D eigenvalue weighted by atomic mass is 16.5. The molecule has 0 bridgehead atoms. The van der Waals surface area contributed by atoms with E-state index in [9.17, 15) is 9.90 Å². The summed E-state index contributed by atoms with van der Waals surface area (Å²) in [5.74, 6) is 0.503. The Balaban J connectivity index is 1.57. The zero-order chi connectivity index (χ0) is 19.5. The second kappa shape index (κ2) is 7.94. The van der Waals surface area contributed by atoms with Crippen molar-refractivity contribution in [3.8, 4) is 11.3 Å². The molecule has 6 nitrogen and oxygen atoms in total. The molecule has 4 rings (SSSR count). The number of carbonyl (C=O) groups is 1. The van der Waals surface area contributed by atoms with Gasteiger partial charge in [-0.2, -0.15) is 0 Å². The second-order valence-electron chi connectivity index (χ2n) is 7.32. The topological polar surface area (TPSA) is 88.3 Å². The number of aliphatic hydroxyl groups is 1. The standard InChI is InChI=1S/C22H23N3O3/c1-14-20(21(25-28-14)15-7-3-2-4-8-15)22(27)24-19(16-11-18(26)12-16)13-17-9-5-6-10-23-17/h2-10,16,18-19,26H,11-13H2,1H3,(H,24,27). The van der Waals surface area contributed by atoms with Crippen molar-refractivity contribution in [2.45, 2.75) is 38.3 Å². The molecule has 1 saturated carbocycles. The summed E-state index contributed by atoms with van der Waals surface area (Å²) in [5, 5.41) is 17.0. The maximum Gasteiger partial charge on any atom is 0.257 e. The average Bonchev–Trinajstić information content (AvgIpc) is 3.08. The molecule has 3 aromatic rings. The lowest BCUT2D eigenvalue weighted by Gasteiger charge is -2.38. The van der Waals surface area contributed by atoms with Crippen LogP contribution in [0.5, 0.6) is 0 Å². The predicted molar refractivity (Wildman–Crippen MR) is 105 cm³/mol. The van der Waals surface area contributed by atoms with Crippen LogP contribution in [0.4, 0.5) is 0 Å². The summed E-state index contributed by atoms with van der Waals surface area (Å²) in [7, 11) is 0. The number of carbonyl (C=O) groups excluding carboxylic acids is 1. The third-order valence-electron chi connectivity index (χ3n) is 5.33. The molecule has 1 aliphatic carbocycles. The minimum atomic E-state index is -0.287. The summed E-state index contributed by atoms with van der Waals surface area (Å²) in [5.41, 5.74) is 2.75. The van der Waals surface area contributed by atoms with Gasteiger partial charge in [0.15, 0.2) is 0 Å². The summed E-state index contributed by atoms with van der Waals surface area (Å²) >= 11 is 0. The van der Waals surface area contributed by atoms with Crippen LogP contribution in [-0.2, 0) is 6.42 Å². The second-order valence-corrected chi connectivity index (χ2v) is 7.32. The summed E-state index contributed by atoms with van der Waals surface area (Å²) in [6.45, 7) is 1.75. The third kappa shape index (κ3) is 3.82. The van der Waals surface area contributed by atoms with Crippen LogP contribution in [0.2, 0.25) is 0 Å². The Morgan fingerprint density at radius 2 is 1.96 bits per heavy atom. The van der Waals surface area contributed by atoms with Gasteiger partial charge in [-0.1, -0.05) is 41.6 Å². The fraction of sp³-hybridized carbons (Fsp3) is 0.318. The number of benzene rings is 1. The van der Waals surface area contributed by atoms with Gasteiger partial charge in [0.25, 0.3) is 5.91 Å². The van der Waals surface area contributed by atoms with Crippen LogP contribution >= 0.6 is 0 Å². The number of hydrogen-bond acceptors (Lipinski definition) is 5. The quantitative estimate of drug-likeness (QED) is 0.689. The SMILES string of the molecule is Cc1onc(-c2ccccc2)c1C(=O)NC(Cc1ccccn1)C1CC(O)C1. The highest BCUT2D eigenvalue weighted by Crippen LogP contribution is 2.32. The van der Waals surface area contributed by atoms with Crippen molar-refractivity contribution in [3.63, 3.8) is 0 Å². The number of hydrogen-bond donors (Lipinski definition) is 2. The third-order valence-corrected chi connectivity index (χ3v) is 5.33. The van der Waals surface area contributed by atoms with E-state index in [0.29, 0.717) is 36.3 Å². The molecule has 0 aliphatic heterocycles. The van der Waals surface area contributed by atoms with E-state index in [2.05, 4.69) is 15.5 Å². The van der Waals surface area contributed by atoms with Gasteiger partial charge in [0.05, 0.1) is 6.10 Å². The molecule has 0 saturated heterocycles. The molecule has 2 aromatic heterocycles. The normalized spacial score (nSPS) is 19.6. The first kappa shape index (κ1) is 18.4. The van der Waals surface area contributed by atoms with Gasteiger partial charge in [-0.25, -0.2) is 0 Å². The molecule has 2 heterocycles. The summed E-state index contributed by atoms with van der Waals surface area (Å²) in [6, 6.07) is 15.2. The molecule has 0 radical (unpaired) electrons. The maximum atomic E-state index is 13.2. The van der Waals surface area contributed by atoms with Crippen LogP contribution in [0, 0.1) is 12.8 Å². The van der Waals surface area contributed by atoms with Gasteiger partial charge in [-0.05, 0) is 37.8 Å². The fourth-order valence-corrected chi connectivity index (χ4v) is 3.71. The average molecular weight is 377 g/mol. The van der Waals surface area contributed by atoms with Crippen molar-refractivity contribution in [2.75, 3.05) is 0 Å². The first-order valence-corrected chi connectivity index (χ1v) is 9.52. The molecule has 2 N–H and O–H groups in total. The van der Waals surface area contributed by atoms with E-state index in [1.54, 1.807) is 13.1 Å². The van der Waals surface area contributed by atoms with Crippen molar-refractivity contribution in [1.29, 1.82) is 0 Å². The monoisotopic (exact) mass is 377 g/mol. The maximum absolute atomic E-state index is 13.2. The Hall–Kier alpha value is -2.99. The highest BCUT2D eigenvalue weighted by molar-refractivity contribution is 6.00. The van der Waals surface area contributed by atoms with Crippen LogP contribution in [-0.4, -0.2) is 33.3 Å². The molecular weight excluding hydrogens is 354 g/mol. The summed E-state index contributed by atoms with van der Waals surface area (Å²) in [6.07, 6.45) is 3.46. The van der Waals surface area contributed by atoms with E-state index in [0.717, 1.165) is 11.3 Å². The first-order valence-electron chi connectivity index (χ1n) is 9.52. The van der Waals surface area contributed by atoms with Crippen molar-refractivity contribution < 1.29 is 14.4 Å². The van der Waals surface area contributed by atoms with Crippen molar-refractivity contribution in [1.82, 2.24) is 15.5 Å². The minimum absolute atomic E-state index is 0.108. The largest absolute Gasteiger partial charge is 0.393 e. The number of pyridine rings is 1. The Morgan fingerprint density at radius 1 is 1.21 bits per heavy atom. The fourth-order valence-electron chi connectivity index (χ4n) is 3.71. The van der Waals surface area contributed by atoms with Gasteiger partial charge in [-0.3, -0.25) is 9.78 Å². The zero-order valence-electron chi connectivity index (χ0n) is 15.7.